The Morgan fingerprint density at radius 2 is 2.05 bits per heavy atom. The number of hydrogen-bond acceptors (Lipinski definition) is 3. The first-order valence-corrected chi connectivity index (χ1v) is 6.61. The highest BCUT2D eigenvalue weighted by molar-refractivity contribution is 6.05. The molecule has 0 heterocycles. The highest BCUT2D eigenvalue weighted by Crippen LogP contribution is 2.26. The number of carbonyl (C=O) groups is 1. The molecule has 3 N–H and O–H groups in total. The van der Waals surface area contributed by atoms with Gasteiger partial charge in [-0.05, 0) is 43.7 Å². The first-order valence-electron chi connectivity index (χ1n) is 6.61. The molecule has 0 aliphatic heterocycles. The molecule has 0 bridgehead atoms. The molecule has 2 rings (SSSR count). The van der Waals surface area contributed by atoms with Crippen LogP contribution in [0.4, 0.5) is 15.8 Å². The fourth-order valence-corrected chi connectivity index (χ4v) is 1.85. The van der Waals surface area contributed by atoms with Crippen molar-refractivity contribution in [3.63, 3.8) is 0 Å². The second-order valence-corrected chi connectivity index (χ2v) is 4.60. The number of benzene rings is 2. The molecule has 2 aromatic carbocycles. The maximum atomic E-state index is 13.2. The minimum absolute atomic E-state index is 0.297. The summed E-state index contributed by atoms with van der Waals surface area (Å²) in [6.07, 6.45) is 0. The SMILES string of the molecule is CCOc1cc(F)ccc1NC(=O)c1ccc(C)c(N)c1. The van der Waals surface area contributed by atoms with Gasteiger partial charge in [0.05, 0.1) is 12.3 Å². The van der Waals surface area contributed by atoms with E-state index in [1.807, 2.05) is 6.92 Å². The normalized spacial score (nSPS) is 10.2. The van der Waals surface area contributed by atoms with E-state index >= 15 is 0 Å². The lowest BCUT2D eigenvalue weighted by Crippen LogP contribution is -2.13. The van der Waals surface area contributed by atoms with Crippen LogP contribution in [0.1, 0.15) is 22.8 Å². The molecule has 0 atom stereocenters. The maximum absolute atomic E-state index is 13.2. The van der Waals surface area contributed by atoms with Crippen molar-refractivity contribution in [2.24, 2.45) is 0 Å². The first kappa shape index (κ1) is 14.8. The molecule has 4 nitrogen and oxygen atoms in total. The maximum Gasteiger partial charge on any atom is 0.255 e. The van der Waals surface area contributed by atoms with Crippen LogP contribution in [0.15, 0.2) is 36.4 Å². The molecule has 0 fully saturated rings. The van der Waals surface area contributed by atoms with Crippen molar-refractivity contribution in [2.75, 3.05) is 17.7 Å². The largest absolute Gasteiger partial charge is 0.492 e. The summed E-state index contributed by atoms with van der Waals surface area (Å²) in [5.74, 6) is -0.448. The zero-order valence-electron chi connectivity index (χ0n) is 11.9. The van der Waals surface area contributed by atoms with Crippen LogP contribution in [0.25, 0.3) is 0 Å². The van der Waals surface area contributed by atoms with Crippen LogP contribution in [0, 0.1) is 12.7 Å². The molecular weight excluding hydrogens is 271 g/mol. The number of ether oxygens (including phenoxy) is 1. The Morgan fingerprint density at radius 3 is 2.71 bits per heavy atom. The van der Waals surface area contributed by atoms with Gasteiger partial charge in [0, 0.05) is 17.3 Å². The molecule has 0 saturated carbocycles. The molecule has 21 heavy (non-hydrogen) atoms. The van der Waals surface area contributed by atoms with E-state index in [-0.39, 0.29) is 5.91 Å². The number of anilines is 2. The van der Waals surface area contributed by atoms with Gasteiger partial charge in [0.25, 0.3) is 5.91 Å². The standard InChI is InChI=1S/C16H17FN2O2/c1-3-21-15-9-12(17)6-7-14(15)19-16(20)11-5-4-10(2)13(18)8-11/h4-9H,3,18H2,1-2H3,(H,19,20). The lowest BCUT2D eigenvalue weighted by Gasteiger charge is -2.12. The molecule has 0 unspecified atom stereocenters. The molecule has 110 valence electrons. The minimum atomic E-state index is -0.420. The zero-order valence-corrected chi connectivity index (χ0v) is 11.9. The quantitative estimate of drug-likeness (QED) is 0.848. The van der Waals surface area contributed by atoms with E-state index in [0.29, 0.717) is 29.3 Å². The minimum Gasteiger partial charge on any atom is -0.492 e. The Labute approximate surface area is 122 Å². The Bertz CT molecular complexity index is 671. The van der Waals surface area contributed by atoms with Crippen molar-refractivity contribution >= 4 is 17.3 Å². The summed E-state index contributed by atoms with van der Waals surface area (Å²) in [5, 5.41) is 2.70. The van der Waals surface area contributed by atoms with E-state index < -0.39 is 5.82 Å². The average Bonchev–Trinajstić information content (AvgIpc) is 2.45. The van der Waals surface area contributed by atoms with Gasteiger partial charge in [-0.3, -0.25) is 4.79 Å². The number of nitrogens with two attached hydrogens (primary N) is 1. The van der Waals surface area contributed by atoms with Gasteiger partial charge in [-0.15, -0.1) is 0 Å². The predicted molar refractivity (Wildman–Crippen MR) is 81.1 cm³/mol. The number of halogens is 1. The van der Waals surface area contributed by atoms with Crippen molar-refractivity contribution in [1.29, 1.82) is 0 Å². The van der Waals surface area contributed by atoms with E-state index in [1.54, 1.807) is 25.1 Å². The molecule has 0 aliphatic carbocycles. The second kappa shape index (κ2) is 6.26. The van der Waals surface area contributed by atoms with E-state index in [4.69, 9.17) is 10.5 Å². The topological polar surface area (TPSA) is 64.3 Å². The highest BCUT2D eigenvalue weighted by Gasteiger charge is 2.11. The Morgan fingerprint density at radius 1 is 1.29 bits per heavy atom. The number of rotatable bonds is 4. The second-order valence-electron chi connectivity index (χ2n) is 4.60. The first-order chi connectivity index (χ1) is 10.0. The molecule has 0 saturated heterocycles. The molecular formula is C16H17FN2O2. The number of amides is 1. The van der Waals surface area contributed by atoms with Crippen LogP contribution in [0.3, 0.4) is 0 Å². The third kappa shape index (κ3) is 3.51. The van der Waals surface area contributed by atoms with Gasteiger partial charge in [0.15, 0.2) is 0 Å². The van der Waals surface area contributed by atoms with Gasteiger partial charge < -0.3 is 15.8 Å². The molecule has 5 heteroatoms. The van der Waals surface area contributed by atoms with Crippen LogP contribution in [0.2, 0.25) is 0 Å². The molecule has 0 aromatic heterocycles. The van der Waals surface area contributed by atoms with Crippen LogP contribution in [0.5, 0.6) is 5.75 Å². The summed E-state index contributed by atoms with van der Waals surface area (Å²) < 4.78 is 18.5. The Balaban J connectivity index is 2.24. The summed E-state index contributed by atoms with van der Waals surface area (Å²) in [6, 6.07) is 9.04. The highest BCUT2D eigenvalue weighted by atomic mass is 19.1. The number of nitrogens with one attached hydrogen (secondary N) is 1. The van der Waals surface area contributed by atoms with Crippen LogP contribution in [-0.2, 0) is 0 Å². The third-order valence-corrected chi connectivity index (χ3v) is 3.03. The van der Waals surface area contributed by atoms with Crippen molar-refractivity contribution in [3.05, 3.63) is 53.3 Å². The van der Waals surface area contributed by atoms with Gasteiger partial charge in [-0.2, -0.15) is 0 Å². The Hall–Kier alpha value is -2.56. The molecule has 0 aliphatic rings. The summed E-state index contributed by atoms with van der Waals surface area (Å²) in [7, 11) is 0. The average molecular weight is 288 g/mol. The monoisotopic (exact) mass is 288 g/mol. The predicted octanol–water partition coefficient (Wildman–Crippen LogP) is 3.37. The fraction of sp³-hybridized carbons (Fsp3) is 0.188. The van der Waals surface area contributed by atoms with Crippen molar-refractivity contribution < 1.29 is 13.9 Å². The summed E-state index contributed by atoms with van der Waals surface area (Å²) in [6.45, 7) is 4.03. The lowest BCUT2D eigenvalue weighted by molar-refractivity contribution is 0.102. The van der Waals surface area contributed by atoms with Crippen LogP contribution in [-0.4, -0.2) is 12.5 Å². The number of aryl methyl sites for hydroxylation is 1. The number of nitrogen functional groups attached to an aromatic ring is 1. The van der Waals surface area contributed by atoms with Gasteiger partial charge in [-0.25, -0.2) is 4.39 Å². The molecule has 2 aromatic rings. The van der Waals surface area contributed by atoms with Crippen LogP contribution < -0.4 is 15.8 Å². The Kier molecular flexibility index (Phi) is 4.42. The molecule has 0 radical (unpaired) electrons. The van der Waals surface area contributed by atoms with Crippen LogP contribution >= 0.6 is 0 Å². The molecule has 0 spiro atoms. The summed E-state index contributed by atoms with van der Waals surface area (Å²) in [4.78, 5) is 12.2. The smallest absolute Gasteiger partial charge is 0.255 e. The van der Waals surface area contributed by atoms with E-state index in [9.17, 15) is 9.18 Å². The number of hydrogen-bond donors (Lipinski definition) is 2. The van der Waals surface area contributed by atoms with E-state index in [0.717, 1.165) is 5.56 Å². The van der Waals surface area contributed by atoms with E-state index in [1.165, 1.54) is 18.2 Å². The van der Waals surface area contributed by atoms with Crippen molar-refractivity contribution in [1.82, 2.24) is 0 Å². The summed E-state index contributed by atoms with van der Waals surface area (Å²) in [5.41, 5.74) is 8.10. The van der Waals surface area contributed by atoms with Gasteiger partial charge >= 0.3 is 0 Å². The third-order valence-electron chi connectivity index (χ3n) is 3.03. The fourth-order valence-electron chi connectivity index (χ4n) is 1.85. The zero-order chi connectivity index (χ0) is 15.4. The van der Waals surface area contributed by atoms with Crippen molar-refractivity contribution in [3.8, 4) is 5.75 Å². The lowest BCUT2D eigenvalue weighted by atomic mass is 10.1. The van der Waals surface area contributed by atoms with E-state index in [2.05, 4.69) is 5.32 Å². The van der Waals surface area contributed by atoms with Crippen molar-refractivity contribution in [2.45, 2.75) is 13.8 Å². The van der Waals surface area contributed by atoms with Gasteiger partial charge in [0.1, 0.15) is 11.6 Å². The number of carbonyl (C=O) groups excluding carboxylic acids is 1. The summed E-state index contributed by atoms with van der Waals surface area (Å²) >= 11 is 0. The van der Waals surface area contributed by atoms with Gasteiger partial charge in [-0.1, -0.05) is 6.07 Å². The molecule has 1 amide bonds. The van der Waals surface area contributed by atoms with Gasteiger partial charge in [0.2, 0.25) is 0 Å².